The smallest absolute Gasteiger partial charge is 0.163 e. The van der Waals surface area contributed by atoms with Crippen LogP contribution in [0.15, 0.2) is 4.08 Å². The monoisotopic (exact) mass is 285 g/mol. The molecule has 0 radical (unpaired) electrons. The van der Waals surface area contributed by atoms with Crippen LogP contribution in [0.5, 0.6) is 0 Å². The lowest BCUT2D eigenvalue weighted by Gasteiger charge is -1.91. The summed E-state index contributed by atoms with van der Waals surface area (Å²) >= 11 is 1.91. The number of nitrogens with zero attached hydrogens (tertiary/aromatic N) is 3. The lowest BCUT2D eigenvalue weighted by atomic mass is 10.1. The van der Waals surface area contributed by atoms with Crippen LogP contribution in [0, 0.1) is 22.7 Å². The van der Waals surface area contributed by atoms with Gasteiger partial charge in [-0.3, -0.25) is 5.10 Å². The summed E-state index contributed by atoms with van der Waals surface area (Å²) < 4.78 is 1.56. The molecule has 0 fully saturated rings. The summed E-state index contributed by atoms with van der Waals surface area (Å²) in [5.41, 5.74) is 6.33. The highest BCUT2D eigenvalue weighted by Crippen LogP contribution is 2.20. The highest BCUT2D eigenvalue weighted by molar-refractivity contribution is 14.1. The molecule has 3 N–H and O–H groups in total. The highest BCUT2D eigenvalue weighted by Gasteiger charge is 2.13. The minimum Gasteiger partial charge on any atom is -0.381 e. The average molecular weight is 285 g/mol. The van der Waals surface area contributed by atoms with E-state index in [-0.39, 0.29) is 11.4 Å². The Morgan fingerprint density at radius 3 is 2.77 bits per heavy atom. The number of hydrogen-bond donors (Lipinski definition) is 2. The van der Waals surface area contributed by atoms with Crippen molar-refractivity contribution in [3.63, 3.8) is 0 Å². The van der Waals surface area contributed by atoms with Crippen LogP contribution >= 0.6 is 22.6 Å². The van der Waals surface area contributed by atoms with Crippen LogP contribution in [0.1, 0.15) is 11.3 Å². The van der Waals surface area contributed by atoms with E-state index < -0.39 is 0 Å². The largest absolute Gasteiger partial charge is 0.381 e. The first-order valence-corrected chi connectivity index (χ1v) is 4.44. The number of rotatable bonds is 1. The van der Waals surface area contributed by atoms with Crippen molar-refractivity contribution >= 4 is 34.0 Å². The van der Waals surface area contributed by atoms with Crippen molar-refractivity contribution in [1.82, 2.24) is 10.2 Å². The maximum Gasteiger partial charge on any atom is 0.163 e. The molecule has 0 unspecified atom stereocenters. The zero-order valence-electron chi connectivity index (χ0n) is 6.37. The molecular weight excluding hydrogens is 281 g/mol. The van der Waals surface area contributed by atoms with Crippen molar-refractivity contribution < 1.29 is 0 Å². The maximum atomic E-state index is 8.70. The number of aromatic amines is 1. The first kappa shape index (κ1) is 9.55. The van der Waals surface area contributed by atoms with Crippen molar-refractivity contribution in [2.45, 2.75) is 0 Å². The van der Waals surface area contributed by atoms with Gasteiger partial charge in [-0.05, 0) is 4.08 Å². The third-order valence-electron chi connectivity index (χ3n) is 1.40. The Balaban J connectivity index is 3.34. The van der Waals surface area contributed by atoms with Crippen molar-refractivity contribution in [3.05, 3.63) is 15.3 Å². The van der Waals surface area contributed by atoms with E-state index >= 15 is 0 Å². The summed E-state index contributed by atoms with van der Waals surface area (Å²) in [4.78, 5) is 0. The standard InChI is InChI=1S/C7H4IN5/c8-1-4(2-9)6-5(3-10)7(11)13-12-6/h1H,(H3,11,12,13)/b4-1-. The van der Waals surface area contributed by atoms with Gasteiger partial charge in [-0.25, -0.2) is 0 Å². The summed E-state index contributed by atoms with van der Waals surface area (Å²) in [6, 6.07) is 3.81. The number of hydrogen-bond acceptors (Lipinski definition) is 4. The summed E-state index contributed by atoms with van der Waals surface area (Å²) in [5, 5.41) is 23.6. The predicted molar refractivity (Wildman–Crippen MR) is 55.3 cm³/mol. The van der Waals surface area contributed by atoms with Gasteiger partial charge in [-0.15, -0.1) is 0 Å². The minimum atomic E-state index is 0.114. The highest BCUT2D eigenvalue weighted by atomic mass is 127. The minimum absolute atomic E-state index is 0.114. The topological polar surface area (TPSA) is 102 Å². The molecular formula is C7H4IN5. The van der Waals surface area contributed by atoms with E-state index in [0.29, 0.717) is 11.3 Å². The Kier molecular flexibility index (Phi) is 2.88. The second kappa shape index (κ2) is 3.92. The molecule has 0 aromatic carbocycles. The van der Waals surface area contributed by atoms with Crippen molar-refractivity contribution in [2.24, 2.45) is 0 Å². The van der Waals surface area contributed by atoms with Crippen molar-refractivity contribution in [3.8, 4) is 12.1 Å². The van der Waals surface area contributed by atoms with Crippen LogP contribution in [-0.4, -0.2) is 10.2 Å². The van der Waals surface area contributed by atoms with Crippen LogP contribution in [0.25, 0.3) is 5.57 Å². The predicted octanol–water partition coefficient (Wildman–Crippen LogP) is 1.16. The van der Waals surface area contributed by atoms with E-state index in [0.717, 1.165) is 0 Å². The molecule has 6 heteroatoms. The summed E-state index contributed by atoms with van der Waals surface area (Å²) in [5.74, 6) is 0.114. The molecule has 0 spiro atoms. The molecule has 64 valence electrons. The van der Waals surface area contributed by atoms with E-state index in [1.807, 2.05) is 34.7 Å². The van der Waals surface area contributed by atoms with Crippen LogP contribution in [0.3, 0.4) is 0 Å². The van der Waals surface area contributed by atoms with Crippen LogP contribution < -0.4 is 5.73 Å². The van der Waals surface area contributed by atoms with Gasteiger partial charge in [0.1, 0.15) is 17.7 Å². The fraction of sp³-hybridized carbons (Fsp3) is 0. The normalized spacial score (nSPS) is 10.5. The maximum absolute atomic E-state index is 8.70. The number of nitriles is 2. The summed E-state index contributed by atoms with van der Waals surface area (Å²) in [6.45, 7) is 0. The molecule has 0 bridgehead atoms. The summed E-state index contributed by atoms with van der Waals surface area (Å²) in [6.07, 6.45) is 0. The second-order valence-electron chi connectivity index (χ2n) is 2.11. The van der Waals surface area contributed by atoms with Crippen LogP contribution in [-0.2, 0) is 0 Å². The van der Waals surface area contributed by atoms with Gasteiger partial charge >= 0.3 is 0 Å². The average Bonchev–Trinajstić information content (AvgIpc) is 2.50. The molecule has 1 aromatic heterocycles. The van der Waals surface area contributed by atoms with Crippen LogP contribution in [0.4, 0.5) is 5.82 Å². The second-order valence-corrected chi connectivity index (χ2v) is 2.73. The molecule has 0 aliphatic heterocycles. The van der Waals surface area contributed by atoms with E-state index in [9.17, 15) is 0 Å². The first-order valence-electron chi connectivity index (χ1n) is 3.19. The first-order chi connectivity index (χ1) is 6.24. The quantitative estimate of drug-likeness (QED) is 0.597. The molecule has 1 aromatic rings. The number of nitrogens with two attached hydrogens (primary N) is 1. The third kappa shape index (κ3) is 1.63. The molecule has 1 heterocycles. The van der Waals surface area contributed by atoms with Gasteiger partial charge < -0.3 is 5.73 Å². The molecule has 0 aliphatic carbocycles. The number of nitrogens with one attached hydrogen (secondary N) is 1. The fourth-order valence-corrected chi connectivity index (χ4v) is 1.25. The number of aromatic nitrogens is 2. The van der Waals surface area contributed by atoms with E-state index in [1.54, 1.807) is 4.08 Å². The molecule has 0 atom stereocenters. The Morgan fingerprint density at radius 2 is 2.31 bits per heavy atom. The third-order valence-corrected chi connectivity index (χ3v) is 2.03. The molecule has 0 amide bonds. The molecule has 0 saturated carbocycles. The number of anilines is 1. The van der Waals surface area contributed by atoms with Crippen molar-refractivity contribution in [2.75, 3.05) is 5.73 Å². The van der Waals surface area contributed by atoms with Gasteiger partial charge in [0, 0.05) is 0 Å². The Morgan fingerprint density at radius 1 is 1.62 bits per heavy atom. The van der Waals surface area contributed by atoms with Gasteiger partial charge in [0.05, 0.1) is 11.3 Å². The lowest BCUT2D eigenvalue weighted by Crippen LogP contribution is -1.89. The number of halogens is 1. The van der Waals surface area contributed by atoms with Gasteiger partial charge in [0.25, 0.3) is 0 Å². The zero-order chi connectivity index (χ0) is 9.84. The Bertz CT molecular complexity index is 431. The summed E-state index contributed by atoms with van der Waals surface area (Å²) in [7, 11) is 0. The SMILES string of the molecule is N#C/C(=C/I)c1[nH]nc(N)c1C#N. The number of nitrogen functional groups attached to an aromatic ring is 1. The van der Waals surface area contributed by atoms with Crippen LogP contribution in [0.2, 0.25) is 0 Å². The molecule has 0 aliphatic rings. The Labute approximate surface area is 88.0 Å². The van der Waals surface area contributed by atoms with Gasteiger partial charge in [0.15, 0.2) is 5.82 Å². The van der Waals surface area contributed by atoms with E-state index in [4.69, 9.17) is 16.3 Å². The Hall–Kier alpha value is -1.54. The van der Waals surface area contributed by atoms with Crippen molar-refractivity contribution in [1.29, 1.82) is 10.5 Å². The molecule has 1 rings (SSSR count). The van der Waals surface area contributed by atoms with E-state index in [1.165, 1.54) is 0 Å². The van der Waals surface area contributed by atoms with E-state index in [2.05, 4.69) is 10.2 Å². The van der Waals surface area contributed by atoms with Gasteiger partial charge in [-0.1, -0.05) is 22.6 Å². The van der Waals surface area contributed by atoms with Gasteiger partial charge in [-0.2, -0.15) is 15.6 Å². The number of allylic oxidation sites excluding steroid dienone is 1. The lowest BCUT2D eigenvalue weighted by molar-refractivity contribution is 1.08. The molecule has 0 saturated heterocycles. The molecule has 13 heavy (non-hydrogen) atoms. The number of H-pyrrole nitrogens is 1. The van der Waals surface area contributed by atoms with Gasteiger partial charge in [0.2, 0.25) is 0 Å². The fourth-order valence-electron chi connectivity index (χ4n) is 0.799. The zero-order valence-corrected chi connectivity index (χ0v) is 8.53. The molecule has 5 nitrogen and oxygen atoms in total.